The quantitative estimate of drug-likeness (QED) is 0.863. The van der Waals surface area contributed by atoms with Gasteiger partial charge in [0.2, 0.25) is 0 Å². The number of benzene rings is 1. The third-order valence-electron chi connectivity index (χ3n) is 4.40. The highest BCUT2D eigenvalue weighted by Gasteiger charge is 2.24. The second-order valence-electron chi connectivity index (χ2n) is 6.25. The number of anilines is 1. The predicted molar refractivity (Wildman–Crippen MR) is 103 cm³/mol. The van der Waals surface area contributed by atoms with Gasteiger partial charge in [0.15, 0.2) is 0 Å². The Morgan fingerprint density at radius 1 is 1.40 bits per heavy atom. The highest BCUT2D eigenvalue weighted by Crippen LogP contribution is 2.28. The number of carbonyl (C=O) groups is 1. The molecule has 7 heteroatoms. The van der Waals surface area contributed by atoms with Crippen LogP contribution in [0.4, 0.5) is 14.9 Å². The number of rotatable bonds is 4. The minimum atomic E-state index is -0.249. The lowest BCUT2D eigenvalue weighted by atomic mass is 10.0. The first-order valence-corrected chi connectivity index (χ1v) is 9.03. The van der Waals surface area contributed by atoms with Crippen molar-refractivity contribution in [3.8, 4) is 0 Å². The van der Waals surface area contributed by atoms with Gasteiger partial charge in [-0.15, -0.1) is 12.4 Å². The van der Waals surface area contributed by atoms with Gasteiger partial charge >= 0.3 is 6.03 Å². The fourth-order valence-corrected chi connectivity index (χ4v) is 3.83. The summed E-state index contributed by atoms with van der Waals surface area (Å²) in [4.78, 5) is 16.5. The molecule has 1 aromatic carbocycles. The summed E-state index contributed by atoms with van der Waals surface area (Å²) in [6, 6.07) is 6.75. The fraction of sp³-hybridized carbons (Fsp3) is 0.389. The van der Waals surface area contributed by atoms with E-state index in [1.165, 1.54) is 17.7 Å². The zero-order valence-corrected chi connectivity index (χ0v) is 16.0. The van der Waals surface area contributed by atoms with Crippen LogP contribution in [-0.4, -0.2) is 38.1 Å². The molecule has 0 spiro atoms. The number of thiophene rings is 1. The molecule has 0 saturated carbocycles. The summed E-state index contributed by atoms with van der Waals surface area (Å²) in [7, 11) is 4.01. The van der Waals surface area contributed by atoms with E-state index in [2.05, 4.69) is 21.7 Å². The molecule has 1 N–H and O–H groups in total. The zero-order chi connectivity index (χ0) is 17.1. The zero-order valence-electron chi connectivity index (χ0n) is 14.4. The maximum absolute atomic E-state index is 13.4. The number of nitrogens with zero attached hydrogens (tertiary/aromatic N) is 2. The molecule has 1 aliphatic heterocycles. The Bertz CT molecular complexity index is 708. The van der Waals surface area contributed by atoms with Gasteiger partial charge in [0.05, 0.1) is 6.04 Å². The summed E-state index contributed by atoms with van der Waals surface area (Å²) in [6.07, 6.45) is 1.66. The lowest BCUT2D eigenvalue weighted by Crippen LogP contribution is -2.45. The van der Waals surface area contributed by atoms with E-state index in [1.54, 1.807) is 22.3 Å². The van der Waals surface area contributed by atoms with Gasteiger partial charge in [-0.3, -0.25) is 4.90 Å². The molecule has 4 nitrogen and oxygen atoms in total. The van der Waals surface area contributed by atoms with Crippen LogP contribution in [-0.2, 0) is 6.42 Å². The third kappa shape index (κ3) is 4.51. The van der Waals surface area contributed by atoms with Gasteiger partial charge in [-0.1, -0.05) is 0 Å². The molecule has 0 saturated heterocycles. The van der Waals surface area contributed by atoms with E-state index >= 15 is 0 Å². The van der Waals surface area contributed by atoms with Crippen molar-refractivity contribution in [2.45, 2.75) is 18.9 Å². The molecule has 0 aliphatic carbocycles. The molecule has 0 radical (unpaired) electrons. The first-order chi connectivity index (χ1) is 11.6. The van der Waals surface area contributed by atoms with E-state index < -0.39 is 0 Å². The first kappa shape index (κ1) is 19.7. The van der Waals surface area contributed by atoms with Gasteiger partial charge in [-0.2, -0.15) is 11.3 Å². The van der Waals surface area contributed by atoms with E-state index in [0.717, 1.165) is 24.1 Å². The number of aryl methyl sites for hydroxylation is 1. The van der Waals surface area contributed by atoms with Crippen molar-refractivity contribution in [3.05, 3.63) is 52.0 Å². The van der Waals surface area contributed by atoms with Gasteiger partial charge in [0, 0.05) is 18.8 Å². The average Bonchev–Trinajstić information content (AvgIpc) is 3.07. The lowest BCUT2D eigenvalue weighted by Gasteiger charge is -2.31. The van der Waals surface area contributed by atoms with Gasteiger partial charge in [-0.05, 0) is 73.1 Å². The number of urea groups is 1. The molecule has 0 bridgehead atoms. The summed E-state index contributed by atoms with van der Waals surface area (Å²) in [6.45, 7) is 1.20. The Morgan fingerprint density at radius 3 is 2.88 bits per heavy atom. The van der Waals surface area contributed by atoms with E-state index in [0.29, 0.717) is 13.1 Å². The van der Waals surface area contributed by atoms with Gasteiger partial charge in [-0.25, -0.2) is 9.18 Å². The van der Waals surface area contributed by atoms with E-state index in [-0.39, 0.29) is 30.3 Å². The van der Waals surface area contributed by atoms with Gasteiger partial charge in [0.25, 0.3) is 0 Å². The summed E-state index contributed by atoms with van der Waals surface area (Å²) >= 11 is 1.65. The van der Waals surface area contributed by atoms with Crippen LogP contribution in [0.15, 0.2) is 35.0 Å². The normalized spacial score (nSPS) is 14.6. The SMILES string of the molecule is CN(C)C(CNC(=O)N1CCCc2cc(F)ccc21)c1ccsc1.Cl. The standard InChI is InChI=1S/C18H22FN3OS.ClH/c1-21(2)17(14-7-9-24-12-14)11-20-18(23)22-8-3-4-13-10-15(19)5-6-16(13)22;/h5-7,9-10,12,17H,3-4,8,11H2,1-2H3,(H,20,23);1H. The number of fused-ring (bicyclic) bond motifs is 1. The van der Waals surface area contributed by atoms with Crippen LogP contribution in [0.25, 0.3) is 0 Å². The van der Waals surface area contributed by atoms with Crippen molar-refractivity contribution in [1.82, 2.24) is 10.2 Å². The van der Waals surface area contributed by atoms with Crippen molar-refractivity contribution in [2.24, 2.45) is 0 Å². The number of hydrogen-bond acceptors (Lipinski definition) is 3. The smallest absolute Gasteiger partial charge is 0.321 e. The molecular formula is C18H23ClFN3OS. The van der Waals surface area contributed by atoms with Crippen LogP contribution in [0, 0.1) is 5.82 Å². The highest BCUT2D eigenvalue weighted by atomic mass is 35.5. The Kier molecular flexibility index (Phi) is 6.81. The summed E-state index contributed by atoms with van der Waals surface area (Å²) in [5.74, 6) is -0.249. The minimum Gasteiger partial charge on any atom is -0.336 e. The molecule has 1 aromatic heterocycles. The molecule has 25 heavy (non-hydrogen) atoms. The summed E-state index contributed by atoms with van der Waals surface area (Å²) in [5, 5.41) is 7.19. The maximum atomic E-state index is 13.4. The van der Waals surface area contributed by atoms with E-state index in [4.69, 9.17) is 0 Å². The van der Waals surface area contributed by atoms with Crippen molar-refractivity contribution >= 4 is 35.5 Å². The maximum Gasteiger partial charge on any atom is 0.321 e. The van der Waals surface area contributed by atoms with E-state index in [9.17, 15) is 9.18 Å². The summed E-state index contributed by atoms with van der Waals surface area (Å²) < 4.78 is 13.4. The molecule has 2 amide bonds. The number of halogens is 2. The molecule has 2 aromatic rings. The Balaban J connectivity index is 0.00000225. The second-order valence-corrected chi connectivity index (χ2v) is 7.03. The van der Waals surface area contributed by atoms with Gasteiger partial charge in [0.1, 0.15) is 5.82 Å². The van der Waals surface area contributed by atoms with Crippen LogP contribution in [0.3, 0.4) is 0 Å². The molecular weight excluding hydrogens is 361 g/mol. The Labute approximate surface area is 158 Å². The number of amides is 2. The van der Waals surface area contributed by atoms with Crippen molar-refractivity contribution in [2.75, 3.05) is 32.1 Å². The van der Waals surface area contributed by atoms with Crippen LogP contribution in [0.5, 0.6) is 0 Å². The topological polar surface area (TPSA) is 35.6 Å². The van der Waals surface area contributed by atoms with E-state index in [1.807, 2.05) is 19.5 Å². The number of carbonyl (C=O) groups excluding carboxylic acids is 1. The van der Waals surface area contributed by atoms with Crippen molar-refractivity contribution in [1.29, 1.82) is 0 Å². The monoisotopic (exact) mass is 383 g/mol. The summed E-state index contributed by atoms with van der Waals surface area (Å²) in [5.41, 5.74) is 2.92. The van der Waals surface area contributed by atoms with Crippen LogP contribution >= 0.6 is 23.7 Å². The van der Waals surface area contributed by atoms with Crippen LogP contribution < -0.4 is 10.2 Å². The van der Waals surface area contributed by atoms with Crippen LogP contribution in [0.1, 0.15) is 23.6 Å². The predicted octanol–water partition coefficient (Wildman–Crippen LogP) is 4.07. The molecule has 0 fully saturated rings. The molecule has 2 heterocycles. The molecule has 1 atom stereocenters. The Morgan fingerprint density at radius 2 is 2.20 bits per heavy atom. The minimum absolute atomic E-state index is 0. The lowest BCUT2D eigenvalue weighted by molar-refractivity contribution is 0.237. The number of nitrogens with one attached hydrogen (secondary N) is 1. The molecule has 1 aliphatic rings. The van der Waals surface area contributed by atoms with Crippen LogP contribution in [0.2, 0.25) is 0 Å². The van der Waals surface area contributed by atoms with Crippen molar-refractivity contribution in [3.63, 3.8) is 0 Å². The number of hydrogen-bond donors (Lipinski definition) is 1. The molecule has 3 rings (SSSR count). The second kappa shape index (κ2) is 8.65. The average molecular weight is 384 g/mol. The number of likely N-dealkylation sites (N-methyl/N-ethyl adjacent to an activating group) is 1. The first-order valence-electron chi connectivity index (χ1n) is 8.08. The molecule has 1 unspecified atom stereocenters. The third-order valence-corrected chi connectivity index (χ3v) is 5.10. The highest BCUT2D eigenvalue weighted by molar-refractivity contribution is 7.07. The van der Waals surface area contributed by atoms with Gasteiger partial charge < -0.3 is 10.2 Å². The fourth-order valence-electron chi connectivity index (χ4n) is 3.12. The Hall–Kier alpha value is -1.63. The molecule has 136 valence electrons. The van der Waals surface area contributed by atoms with Crippen molar-refractivity contribution < 1.29 is 9.18 Å². The largest absolute Gasteiger partial charge is 0.336 e.